The smallest absolute Gasteiger partial charge is 0.276 e. The molecule has 24 heavy (non-hydrogen) atoms. The van der Waals surface area contributed by atoms with Crippen LogP contribution in [0.4, 0.5) is 4.39 Å². The van der Waals surface area contributed by atoms with Gasteiger partial charge in [-0.05, 0) is 49.2 Å². The van der Waals surface area contributed by atoms with Crippen LogP contribution >= 0.6 is 0 Å². The molecule has 2 aromatic heterocycles. The van der Waals surface area contributed by atoms with Crippen molar-refractivity contribution in [1.29, 1.82) is 0 Å². The molecule has 1 fully saturated rings. The Morgan fingerprint density at radius 1 is 1.25 bits per heavy atom. The highest BCUT2D eigenvalue weighted by Crippen LogP contribution is 2.33. The number of furan rings is 1. The second-order valence-corrected chi connectivity index (χ2v) is 5.76. The maximum atomic E-state index is 13.0. The van der Waals surface area contributed by atoms with E-state index in [2.05, 4.69) is 5.16 Å². The zero-order valence-electron chi connectivity index (χ0n) is 12.8. The quantitative estimate of drug-likeness (QED) is 0.728. The van der Waals surface area contributed by atoms with Crippen LogP contribution in [-0.2, 0) is 0 Å². The molecule has 1 atom stereocenters. The Labute approximate surface area is 137 Å². The second kappa shape index (κ2) is 5.96. The van der Waals surface area contributed by atoms with Gasteiger partial charge < -0.3 is 13.8 Å². The topological polar surface area (TPSA) is 59.5 Å². The van der Waals surface area contributed by atoms with Gasteiger partial charge in [0.1, 0.15) is 11.6 Å². The third-order valence-electron chi connectivity index (χ3n) is 4.24. The number of carbonyl (C=O) groups is 1. The Bertz CT molecular complexity index is 840. The molecule has 0 bridgehead atoms. The van der Waals surface area contributed by atoms with E-state index in [1.54, 1.807) is 29.4 Å². The predicted molar refractivity (Wildman–Crippen MR) is 83.6 cm³/mol. The molecule has 5 nitrogen and oxygen atoms in total. The van der Waals surface area contributed by atoms with Crippen molar-refractivity contribution in [3.8, 4) is 11.3 Å². The van der Waals surface area contributed by atoms with Gasteiger partial charge in [-0.25, -0.2) is 4.39 Å². The monoisotopic (exact) mass is 326 g/mol. The Balaban J connectivity index is 1.57. The Morgan fingerprint density at radius 3 is 2.83 bits per heavy atom. The highest BCUT2D eigenvalue weighted by Gasteiger charge is 2.33. The summed E-state index contributed by atoms with van der Waals surface area (Å²) in [7, 11) is 0. The minimum atomic E-state index is -0.326. The van der Waals surface area contributed by atoms with Crippen LogP contribution in [0.15, 0.2) is 57.7 Å². The van der Waals surface area contributed by atoms with E-state index in [0.29, 0.717) is 17.9 Å². The summed E-state index contributed by atoms with van der Waals surface area (Å²) in [4.78, 5) is 14.5. The normalized spacial score (nSPS) is 17.4. The first kappa shape index (κ1) is 14.7. The van der Waals surface area contributed by atoms with Crippen molar-refractivity contribution in [3.63, 3.8) is 0 Å². The Morgan fingerprint density at radius 2 is 2.08 bits per heavy atom. The fraction of sp³-hybridized carbons (Fsp3) is 0.222. The van der Waals surface area contributed by atoms with Gasteiger partial charge in [0, 0.05) is 18.2 Å². The number of benzene rings is 1. The minimum Gasteiger partial charge on any atom is -0.467 e. The fourth-order valence-electron chi connectivity index (χ4n) is 3.06. The third kappa shape index (κ3) is 2.60. The van der Waals surface area contributed by atoms with Crippen molar-refractivity contribution in [2.75, 3.05) is 6.54 Å². The first-order valence-electron chi connectivity index (χ1n) is 7.79. The van der Waals surface area contributed by atoms with Gasteiger partial charge in [0.05, 0.1) is 12.3 Å². The van der Waals surface area contributed by atoms with Crippen LogP contribution in [0, 0.1) is 5.82 Å². The summed E-state index contributed by atoms with van der Waals surface area (Å²) in [5, 5.41) is 3.88. The molecule has 0 spiro atoms. The van der Waals surface area contributed by atoms with E-state index >= 15 is 0 Å². The highest BCUT2D eigenvalue weighted by atomic mass is 19.1. The maximum absolute atomic E-state index is 13.0. The average molecular weight is 326 g/mol. The molecule has 0 aliphatic carbocycles. The number of likely N-dealkylation sites (tertiary alicyclic amines) is 1. The van der Waals surface area contributed by atoms with Crippen LogP contribution in [0.2, 0.25) is 0 Å². The standard InChI is InChI=1S/C18H15FN2O3/c19-13-7-5-12(6-8-13)17-11-14(20-24-17)18(22)21-9-1-3-15(21)16-4-2-10-23-16/h2,4-8,10-11,15H,1,3,9H2. The molecule has 1 aliphatic heterocycles. The zero-order chi connectivity index (χ0) is 16.5. The van der Waals surface area contributed by atoms with Crippen molar-refractivity contribution in [1.82, 2.24) is 10.1 Å². The van der Waals surface area contributed by atoms with Crippen molar-refractivity contribution < 1.29 is 18.1 Å². The Hall–Kier alpha value is -2.89. The average Bonchev–Trinajstić information content (AvgIpc) is 3.34. The summed E-state index contributed by atoms with van der Waals surface area (Å²) < 4.78 is 23.7. The molecule has 1 saturated heterocycles. The second-order valence-electron chi connectivity index (χ2n) is 5.76. The van der Waals surface area contributed by atoms with Gasteiger partial charge in [-0.3, -0.25) is 4.79 Å². The van der Waals surface area contributed by atoms with Gasteiger partial charge in [-0.15, -0.1) is 0 Å². The number of rotatable bonds is 3. The first-order chi connectivity index (χ1) is 11.7. The van der Waals surface area contributed by atoms with E-state index in [1.807, 2.05) is 12.1 Å². The molecule has 1 aliphatic rings. The molecule has 3 aromatic rings. The molecule has 6 heteroatoms. The third-order valence-corrected chi connectivity index (χ3v) is 4.24. The SMILES string of the molecule is O=C(c1cc(-c2ccc(F)cc2)on1)N1CCCC1c1ccco1. The summed E-state index contributed by atoms with van der Waals surface area (Å²) in [5.41, 5.74) is 0.916. The van der Waals surface area contributed by atoms with E-state index in [0.717, 1.165) is 18.6 Å². The van der Waals surface area contributed by atoms with Gasteiger partial charge in [-0.2, -0.15) is 0 Å². The lowest BCUT2D eigenvalue weighted by molar-refractivity contribution is 0.0709. The summed E-state index contributed by atoms with van der Waals surface area (Å²) in [6, 6.07) is 11.1. The fourth-order valence-corrected chi connectivity index (χ4v) is 3.06. The van der Waals surface area contributed by atoms with Gasteiger partial charge in [0.2, 0.25) is 0 Å². The van der Waals surface area contributed by atoms with Crippen LogP contribution in [0.1, 0.15) is 35.1 Å². The molecule has 0 N–H and O–H groups in total. The number of hydrogen-bond acceptors (Lipinski definition) is 4. The van der Waals surface area contributed by atoms with E-state index in [4.69, 9.17) is 8.94 Å². The molecule has 0 saturated carbocycles. The van der Waals surface area contributed by atoms with Crippen molar-refractivity contribution in [3.05, 3.63) is 66.0 Å². The molecule has 1 unspecified atom stereocenters. The summed E-state index contributed by atoms with van der Waals surface area (Å²) >= 11 is 0. The van der Waals surface area contributed by atoms with Crippen LogP contribution in [-0.4, -0.2) is 22.5 Å². The van der Waals surface area contributed by atoms with Gasteiger partial charge in [0.15, 0.2) is 11.5 Å². The summed E-state index contributed by atoms with van der Waals surface area (Å²) in [5.74, 6) is 0.703. The number of carbonyl (C=O) groups excluding carboxylic acids is 1. The van der Waals surface area contributed by atoms with Crippen LogP contribution in [0.5, 0.6) is 0 Å². The molecular formula is C18H15FN2O3. The van der Waals surface area contributed by atoms with Crippen LogP contribution in [0.25, 0.3) is 11.3 Å². The molecule has 1 amide bonds. The van der Waals surface area contributed by atoms with E-state index in [9.17, 15) is 9.18 Å². The van der Waals surface area contributed by atoms with E-state index < -0.39 is 0 Å². The van der Waals surface area contributed by atoms with Gasteiger partial charge >= 0.3 is 0 Å². The predicted octanol–water partition coefficient (Wildman–Crippen LogP) is 4.05. The van der Waals surface area contributed by atoms with Crippen molar-refractivity contribution in [2.45, 2.75) is 18.9 Å². The van der Waals surface area contributed by atoms with Crippen LogP contribution in [0.3, 0.4) is 0 Å². The minimum absolute atomic E-state index is 0.0709. The Kier molecular flexibility index (Phi) is 3.65. The van der Waals surface area contributed by atoms with Crippen molar-refractivity contribution in [2.24, 2.45) is 0 Å². The lowest BCUT2D eigenvalue weighted by Gasteiger charge is -2.21. The molecule has 4 rings (SSSR count). The number of halogens is 1. The lowest BCUT2D eigenvalue weighted by atomic mass is 10.1. The molecule has 0 radical (unpaired) electrons. The number of aromatic nitrogens is 1. The largest absolute Gasteiger partial charge is 0.467 e. The lowest BCUT2D eigenvalue weighted by Crippen LogP contribution is -2.30. The number of nitrogens with zero attached hydrogens (tertiary/aromatic N) is 2. The molecule has 1 aromatic carbocycles. The first-order valence-corrected chi connectivity index (χ1v) is 7.79. The molecule has 3 heterocycles. The zero-order valence-corrected chi connectivity index (χ0v) is 12.8. The van der Waals surface area contributed by atoms with Gasteiger partial charge in [0.25, 0.3) is 5.91 Å². The highest BCUT2D eigenvalue weighted by molar-refractivity contribution is 5.93. The molecular weight excluding hydrogens is 311 g/mol. The maximum Gasteiger partial charge on any atom is 0.276 e. The van der Waals surface area contributed by atoms with Crippen LogP contribution < -0.4 is 0 Å². The summed E-state index contributed by atoms with van der Waals surface area (Å²) in [6.07, 6.45) is 3.39. The number of hydrogen-bond donors (Lipinski definition) is 0. The van der Waals surface area contributed by atoms with Crippen molar-refractivity contribution >= 4 is 5.91 Å². The van der Waals surface area contributed by atoms with E-state index in [1.165, 1.54) is 12.1 Å². The van der Waals surface area contributed by atoms with E-state index in [-0.39, 0.29) is 23.5 Å². The summed E-state index contributed by atoms with van der Waals surface area (Å²) in [6.45, 7) is 0.656. The van der Waals surface area contributed by atoms with Gasteiger partial charge in [-0.1, -0.05) is 5.16 Å². The number of amides is 1. The molecule has 122 valence electrons.